The van der Waals surface area contributed by atoms with Gasteiger partial charge in [0.15, 0.2) is 0 Å². The molecule has 80 valence electrons. The maximum Gasteiger partial charge on any atom is 0.0623 e. The molecule has 2 heteroatoms. The van der Waals surface area contributed by atoms with Crippen LogP contribution in [0.5, 0.6) is 0 Å². The molecule has 2 atom stereocenters. The SMILES string of the molecule is CC(C)(C)N1C2CCC1c1ncccc12. The molecular formula is C13H18N2. The van der Waals surface area contributed by atoms with Crippen LogP contribution in [0.3, 0.4) is 0 Å². The second-order valence-electron chi connectivity index (χ2n) is 5.66. The van der Waals surface area contributed by atoms with Crippen LogP contribution in [0.25, 0.3) is 0 Å². The molecule has 0 aliphatic carbocycles. The minimum atomic E-state index is 0.256. The number of aromatic nitrogens is 1. The van der Waals surface area contributed by atoms with E-state index in [9.17, 15) is 0 Å². The summed E-state index contributed by atoms with van der Waals surface area (Å²) in [5.41, 5.74) is 3.07. The Morgan fingerprint density at radius 1 is 1.27 bits per heavy atom. The normalized spacial score (nSPS) is 29.5. The van der Waals surface area contributed by atoms with Gasteiger partial charge < -0.3 is 0 Å². The van der Waals surface area contributed by atoms with E-state index in [1.165, 1.54) is 24.1 Å². The average Bonchev–Trinajstić information content (AvgIpc) is 2.73. The van der Waals surface area contributed by atoms with Crippen LogP contribution in [0, 0.1) is 0 Å². The van der Waals surface area contributed by atoms with E-state index >= 15 is 0 Å². The predicted molar refractivity (Wildman–Crippen MR) is 60.5 cm³/mol. The summed E-state index contributed by atoms with van der Waals surface area (Å²) in [5.74, 6) is 0. The lowest BCUT2D eigenvalue weighted by atomic mass is 9.96. The molecule has 0 aromatic carbocycles. The second kappa shape index (κ2) is 2.82. The lowest BCUT2D eigenvalue weighted by Gasteiger charge is -2.36. The molecule has 2 bridgehead atoms. The minimum absolute atomic E-state index is 0.256. The zero-order chi connectivity index (χ0) is 10.6. The lowest BCUT2D eigenvalue weighted by molar-refractivity contribution is 0.0938. The van der Waals surface area contributed by atoms with Crippen LogP contribution < -0.4 is 0 Å². The van der Waals surface area contributed by atoms with E-state index in [1.807, 2.05) is 6.20 Å². The average molecular weight is 202 g/mol. The predicted octanol–water partition coefficient (Wildman–Crippen LogP) is 3.07. The van der Waals surface area contributed by atoms with Gasteiger partial charge in [-0.3, -0.25) is 9.88 Å². The molecule has 2 aliphatic rings. The number of hydrogen-bond donors (Lipinski definition) is 0. The van der Waals surface area contributed by atoms with Gasteiger partial charge in [0.25, 0.3) is 0 Å². The zero-order valence-corrected chi connectivity index (χ0v) is 9.70. The van der Waals surface area contributed by atoms with E-state index < -0.39 is 0 Å². The summed E-state index contributed by atoms with van der Waals surface area (Å²) in [7, 11) is 0. The van der Waals surface area contributed by atoms with Crippen molar-refractivity contribution in [1.29, 1.82) is 0 Å². The topological polar surface area (TPSA) is 16.1 Å². The van der Waals surface area contributed by atoms with Crippen molar-refractivity contribution in [2.45, 2.75) is 51.2 Å². The van der Waals surface area contributed by atoms with Crippen LogP contribution in [0.2, 0.25) is 0 Å². The smallest absolute Gasteiger partial charge is 0.0623 e. The zero-order valence-electron chi connectivity index (χ0n) is 9.70. The second-order valence-corrected chi connectivity index (χ2v) is 5.66. The monoisotopic (exact) mass is 202 g/mol. The third-order valence-corrected chi connectivity index (χ3v) is 3.71. The molecule has 1 aromatic rings. The largest absolute Gasteiger partial charge is 0.283 e. The summed E-state index contributed by atoms with van der Waals surface area (Å²) in [6, 6.07) is 5.52. The number of nitrogens with zero attached hydrogens (tertiary/aromatic N) is 2. The number of rotatable bonds is 0. The van der Waals surface area contributed by atoms with Crippen LogP contribution in [0.1, 0.15) is 57.0 Å². The molecule has 1 aromatic heterocycles. The molecule has 0 amide bonds. The molecule has 3 heterocycles. The highest BCUT2D eigenvalue weighted by Crippen LogP contribution is 2.54. The molecular weight excluding hydrogens is 184 g/mol. The van der Waals surface area contributed by atoms with Crippen molar-refractivity contribution in [3.63, 3.8) is 0 Å². The Balaban J connectivity index is 2.09. The number of hydrogen-bond acceptors (Lipinski definition) is 2. The summed E-state index contributed by atoms with van der Waals surface area (Å²) in [6.07, 6.45) is 4.52. The molecule has 0 radical (unpaired) electrons. The molecule has 3 rings (SSSR count). The van der Waals surface area contributed by atoms with Crippen LogP contribution in [0.4, 0.5) is 0 Å². The molecule has 2 unspecified atom stereocenters. The summed E-state index contributed by atoms with van der Waals surface area (Å²) in [6.45, 7) is 6.93. The van der Waals surface area contributed by atoms with Gasteiger partial charge in [-0.1, -0.05) is 6.07 Å². The first-order valence-corrected chi connectivity index (χ1v) is 5.82. The van der Waals surface area contributed by atoms with Gasteiger partial charge in [0.2, 0.25) is 0 Å². The summed E-state index contributed by atoms with van der Waals surface area (Å²) in [5, 5.41) is 0. The maximum atomic E-state index is 4.56. The van der Waals surface area contributed by atoms with E-state index in [4.69, 9.17) is 0 Å². The van der Waals surface area contributed by atoms with Crippen molar-refractivity contribution < 1.29 is 0 Å². The third-order valence-electron chi connectivity index (χ3n) is 3.71. The van der Waals surface area contributed by atoms with Crippen LogP contribution in [-0.4, -0.2) is 15.4 Å². The molecule has 15 heavy (non-hydrogen) atoms. The fourth-order valence-electron chi connectivity index (χ4n) is 3.31. The molecule has 0 saturated carbocycles. The fourth-order valence-corrected chi connectivity index (χ4v) is 3.31. The summed E-state index contributed by atoms with van der Waals surface area (Å²) < 4.78 is 0. The van der Waals surface area contributed by atoms with Gasteiger partial charge in [0, 0.05) is 17.8 Å². The van der Waals surface area contributed by atoms with E-state index in [1.54, 1.807) is 0 Å². The first-order valence-electron chi connectivity index (χ1n) is 5.82. The standard InChI is InChI=1S/C13H18N2/c1-13(2,3)15-10-6-7-11(15)12-9(10)5-4-8-14-12/h4-5,8,10-11H,6-7H2,1-3H3. The van der Waals surface area contributed by atoms with Crippen molar-refractivity contribution >= 4 is 0 Å². The van der Waals surface area contributed by atoms with Gasteiger partial charge in [-0.15, -0.1) is 0 Å². The van der Waals surface area contributed by atoms with Gasteiger partial charge in [-0.05, 0) is 45.2 Å². The highest BCUT2D eigenvalue weighted by atomic mass is 15.3. The molecule has 2 aliphatic heterocycles. The summed E-state index contributed by atoms with van der Waals surface area (Å²) in [4.78, 5) is 7.21. The summed E-state index contributed by atoms with van der Waals surface area (Å²) >= 11 is 0. The first-order chi connectivity index (χ1) is 7.09. The van der Waals surface area contributed by atoms with Crippen molar-refractivity contribution in [2.75, 3.05) is 0 Å². The van der Waals surface area contributed by atoms with Gasteiger partial charge in [-0.2, -0.15) is 0 Å². The highest BCUT2D eigenvalue weighted by Gasteiger charge is 2.48. The molecule has 1 fully saturated rings. The van der Waals surface area contributed by atoms with Gasteiger partial charge in [0.1, 0.15) is 0 Å². The fraction of sp³-hybridized carbons (Fsp3) is 0.615. The van der Waals surface area contributed by atoms with E-state index in [2.05, 4.69) is 42.8 Å². The van der Waals surface area contributed by atoms with Crippen molar-refractivity contribution in [2.24, 2.45) is 0 Å². The van der Waals surface area contributed by atoms with Crippen LogP contribution in [0.15, 0.2) is 18.3 Å². The Kier molecular flexibility index (Phi) is 1.76. The van der Waals surface area contributed by atoms with E-state index in [0.29, 0.717) is 12.1 Å². The Labute approximate surface area is 91.3 Å². The number of fused-ring (bicyclic) bond motifs is 5. The third kappa shape index (κ3) is 1.18. The molecule has 1 saturated heterocycles. The van der Waals surface area contributed by atoms with Crippen LogP contribution in [-0.2, 0) is 0 Å². The Morgan fingerprint density at radius 3 is 2.67 bits per heavy atom. The Morgan fingerprint density at radius 2 is 2.00 bits per heavy atom. The lowest BCUT2D eigenvalue weighted by Crippen LogP contribution is -2.38. The molecule has 0 spiro atoms. The van der Waals surface area contributed by atoms with Crippen LogP contribution >= 0.6 is 0 Å². The highest BCUT2D eigenvalue weighted by molar-refractivity contribution is 5.35. The maximum absolute atomic E-state index is 4.56. The molecule has 2 nitrogen and oxygen atoms in total. The van der Waals surface area contributed by atoms with Gasteiger partial charge in [-0.25, -0.2) is 0 Å². The first kappa shape index (κ1) is 9.34. The van der Waals surface area contributed by atoms with Crippen molar-refractivity contribution in [3.05, 3.63) is 29.6 Å². The molecule has 0 N–H and O–H groups in total. The van der Waals surface area contributed by atoms with E-state index in [0.717, 1.165) is 0 Å². The van der Waals surface area contributed by atoms with Crippen molar-refractivity contribution in [3.8, 4) is 0 Å². The quantitative estimate of drug-likeness (QED) is 0.642. The Hall–Kier alpha value is -0.890. The van der Waals surface area contributed by atoms with Crippen molar-refractivity contribution in [1.82, 2.24) is 9.88 Å². The van der Waals surface area contributed by atoms with Gasteiger partial charge in [0.05, 0.1) is 11.7 Å². The minimum Gasteiger partial charge on any atom is -0.283 e. The van der Waals surface area contributed by atoms with E-state index in [-0.39, 0.29) is 5.54 Å². The Bertz CT molecular complexity index is 361. The van der Waals surface area contributed by atoms with Gasteiger partial charge >= 0.3 is 0 Å². The number of pyridine rings is 1.